The molecule has 0 bridgehead atoms. The number of rotatable bonds is 11. The summed E-state index contributed by atoms with van der Waals surface area (Å²) >= 11 is 3.06. The molecule has 1 unspecified atom stereocenters. The number of alkyl carbamates (subject to hydrolysis) is 1. The van der Waals surface area contributed by atoms with E-state index in [1.807, 2.05) is 12.5 Å². The summed E-state index contributed by atoms with van der Waals surface area (Å²) in [5, 5.41) is 13.8. The molecule has 0 radical (unpaired) electrons. The van der Waals surface area contributed by atoms with Gasteiger partial charge in [0.2, 0.25) is 5.78 Å². The molecule has 7 nitrogen and oxygen atoms in total. The zero-order valence-corrected chi connectivity index (χ0v) is 20.4. The molecule has 0 fully saturated rings. The molecule has 0 aliphatic rings. The van der Waals surface area contributed by atoms with Gasteiger partial charge < -0.3 is 19.9 Å². The van der Waals surface area contributed by atoms with Crippen LogP contribution in [0.15, 0.2) is 70.5 Å². The van der Waals surface area contributed by atoms with Crippen LogP contribution in [0.3, 0.4) is 0 Å². The summed E-state index contributed by atoms with van der Waals surface area (Å²) in [6, 6.07) is 13.7. The molecule has 1 atom stereocenters. The third-order valence-corrected chi connectivity index (χ3v) is 6.15. The van der Waals surface area contributed by atoms with Crippen molar-refractivity contribution in [3.8, 4) is 0 Å². The molecular weight excluding hydrogens is 462 g/mol. The van der Waals surface area contributed by atoms with Crippen LogP contribution in [0.4, 0.5) is 4.79 Å². The first-order chi connectivity index (χ1) is 15.7. The number of esters is 1. The van der Waals surface area contributed by atoms with Crippen molar-refractivity contribution >= 4 is 41.4 Å². The minimum absolute atomic E-state index is 0.00277. The monoisotopic (exact) mass is 489 g/mol. The van der Waals surface area contributed by atoms with E-state index < -0.39 is 30.1 Å². The molecule has 0 aliphatic heterocycles. The number of ether oxygens (including phenoxy) is 2. The number of hydrogen-bond acceptors (Lipinski definition) is 8. The van der Waals surface area contributed by atoms with Gasteiger partial charge in [-0.3, -0.25) is 4.79 Å². The number of amides is 1. The van der Waals surface area contributed by atoms with Gasteiger partial charge in [0.15, 0.2) is 5.60 Å². The number of benzene rings is 2. The number of ketones is 1. The maximum Gasteiger partial charge on any atom is 0.407 e. The molecule has 0 saturated heterocycles. The predicted molar refractivity (Wildman–Crippen MR) is 130 cm³/mol. The molecule has 33 heavy (non-hydrogen) atoms. The van der Waals surface area contributed by atoms with E-state index in [0.29, 0.717) is 11.1 Å². The lowest BCUT2D eigenvalue weighted by Gasteiger charge is -2.27. The molecule has 1 amide bonds. The molecule has 2 N–H and O–H groups in total. The Morgan fingerprint density at radius 1 is 0.970 bits per heavy atom. The number of carbonyl (C=O) groups excluding carboxylic acids is 3. The Morgan fingerprint density at radius 3 is 2.03 bits per heavy atom. The highest BCUT2D eigenvalue weighted by atomic mass is 32.2. The van der Waals surface area contributed by atoms with Crippen LogP contribution in [0.2, 0.25) is 0 Å². The minimum atomic E-state index is -2.08. The largest absolute Gasteiger partial charge is 0.460 e. The molecule has 0 heterocycles. The summed E-state index contributed by atoms with van der Waals surface area (Å²) in [7, 11) is 0. The first-order valence-corrected chi connectivity index (χ1v) is 12.4. The van der Waals surface area contributed by atoms with Gasteiger partial charge in [0, 0.05) is 20.9 Å². The SMILES string of the molecule is C=C(C)C(=O)OCCNC(=O)OCC(O)(C(=O)c1ccc(SC)cc1)c1ccc(SC)cc1. The zero-order chi connectivity index (χ0) is 24.4. The van der Waals surface area contributed by atoms with Crippen LogP contribution in [0.1, 0.15) is 22.8 Å². The molecule has 2 aromatic carbocycles. The minimum Gasteiger partial charge on any atom is -0.460 e. The molecular formula is C24H27NO6S2. The van der Waals surface area contributed by atoms with Crippen molar-refractivity contribution < 1.29 is 29.0 Å². The fourth-order valence-corrected chi connectivity index (χ4v) is 3.59. The van der Waals surface area contributed by atoms with Gasteiger partial charge in [0.1, 0.15) is 13.2 Å². The van der Waals surface area contributed by atoms with E-state index in [1.54, 1.807) is 48.5 Å². The fraction of sp³-hybridized carbons (Fsp3) is 0.292. The van der Waals surface area contributed by atoms with E-state index in [4.69, 9.17) is 9.47 Å². The molecule has 9 heteroatoms. The van der Waals surface area contributed by atoms with E-state index in [2.05, 4.69) is 11.9 Å². The lowest BCUT2D eigenvalue weighted by atomic mass is 9.86. The van der Waals surface area contributed by atoms with Crippen molar-refractivity contribution in [1.29, 1.82) is 0 Å². The Labute approximate surface area is 201 Å². The maximum atomic E-state index is 13.3. The molecule has 0 spiro atoms. The number of hydrogen-bond donors (Lipinski definition) is 2. The van der Waals surface area contributed by atoms with Crippen molar-refractivity contribution in [2.45, 2.75) is 22.3 Å². The van der Waals surface area contributed by atoms with Gasteiger partial charge in [0.05, 0.1) is 6.54 Å². The van der Waals surface area contributed by atoms with Crippen molar-refractivity contribution in [3.05, 3.63) is 71.8 Å². The van der Waals surface area contributed by atoms with Crippen LogP contribution in [0.25, 0.3) is 0 Å². The third-order valence-electron chi connectivity index (χ3n) is 4.66. The highest BCUT2D eigenvalue weighted by Gasteiger charge is 2.40. The van der Waals surface area contributed by atoms with Crippen molar-refractivity contribution in [2.75, 3.05) is 32.3 Å². The molecule has 0 aromatic heterocycles. The predicted octanol–water partition coefficient (Wildman–Crippen LogP) is 4.05. The standard InChI is InChI=1S/C24H27NO6S2/c1-16(2)22(27)30-14-13-25-23(28)31-15-24(29,18-7-11-20(33-4)12-8-18)21(26)17-5-9-19(32-3)10-6-17/h5-12,29H,1,13-15H2,2-4H3,(H,25,28). The first kappa shape index (κ1) is 26.5. The van der Waals surface area contributed by atoms with Gasteiger partial charge in [0.25, 0.3) is 0 Å². The molecule has 0 saturated carbocycles. The fourth-order valence-electron chi connectivity index (χ4n) is 2.77. The molecule has 0 aliphatic carbocycles. The third kappa shape index (κ3) is 7.38. The van der Waals surface area contributed by atoms with Gasteiger partial charge in [-0.05, 0) is 49.3 Å². The van der Waals surface area contributed by atoms with Gasteiger partial charge >= 0.3 is 12.1 Å². The Hall–Kier alpha value is -2.75. The topological polar surface area (TPSA) is 102 Å². The number of Topliss-reactive ketones (excluding diaryl/α,β-unsaturated/α-hetero) is 1. The van der Waals surface area contributed by atoms with Crippen molar-refractivity contribution in [1.82, 2.24) is 5.32 Å². The van der Waals surface area contributed by atoms with Crippen LogP contribution in [0, 0.1) is 0 Å². The lowest BCUT2D eigenvalue weighted by molar-refractivity contribution is -0.138. The van der Waals surface area contributed by atoms with Crippen LogP contribution in [0.5, 0.6) is 0 Å². The van der Waals surface area contributed by atoms with E-state index in [-0.39, 0.29) is 18.7 Å². The van der Waals surface area contributed by atoms with Crippen LogP contribution >= 0.6 is 23.5 Å². The summed E-state index contributed by atoms with van der Waals surface area (Å²) in [4.78, 5) is 38.7. The quantitative estimate of drug-likeness (QED) is 0.160. The van der Waals surface area contributed by atoms with E-state index >= 15 is 0 Å². The van der Waals surface area contributed by atoms with E-state index in [0.717, 1.165) is 9.79 Å². The second kappa shape index (κ2) is 12.5. The Bertz CT molecular complexity index is 991. The number of thioether (sulfide) groups is 2. The van der Waals surface area contributed by atoms with Crippen molar-refractivity contribution in [3.63, 3.8) is 0 Å². The Balaban J connectivity index is 2.13. The average molecular weight is 490 g/mol. The summed E-state index contributed by atoms with van der Waals surface area (Å²) < 4.78 is 10.1. The summed E-state index contributed by atoms with van der Waals surface area (Å²) in [6.45, 7) is 4.33. The highest BCUT2D eigenvalue weighted by molar-refractivity contribution is 7.98. The zero-order valence-electron chi connectivity index (χ0n) is 18.8. The summed E-state index contributed by atoms with van der Waals surface area (Å²) in [5.41, 5.74) is -1.23. The van der Waals surface area contributed by atoms with Crippen LogP contribution in [-0.4, -0.2) is 55.2 Å². The smallest absolute Gasteiger partial charge is 0.407 e. The van der Waals surface area contributed by atoms with Gasteiger partial charge in [-0.25, -0.2) is 9.59 Å². The number of nitrogens with one attached hydrogen (secondary N) is 1. The maximum absolute atomic E-state index is 13.3. The average Bonchev–Trinajstić information content (AvgIpc) is 2.84. The van der Waals surface area contributed by atoms with Crippen LogP contribution in [-0.2, 0) is 19.9 Å². The molecule has 2 aromatic rings. The van der Waals surface area contributed by atoms with Gasteiger partial charge in [-0.15, -0.1) is 23.5 Å². The van der Waals surface area contributed by atoms with Gasteiger partial charge in [-0.2, -0.15) is 0 Å². The lowest BCUT2D eigenvalue weighted by Crippen LogP contribution is -2.42. The van der Waals surface area contributed by atoms with Crippen molar-refractivity contribution in [2.24, 2.45) is 0 Å². The normalized spacial score (nSPS) is 12.4. The summed E-state index contributed by atoms with van der Waals surface area (Å²) in [6.07, 6.45) is 2.98. The highest BCUT2D eigenvalue weighted by Crippen LogP contribution is 2.29. The van der Waals surface area contributed by atoms with Crippen LogP contribution < -0.4 is 5.32 Å². The second-order valence-corrected chi connectivity index (χ2v) is 8.82. The number of aliphatic hydroxyl groups is 1. The Kier molecular flexibility index (Phi) is 10.0. The second-order valence-electron chi connectivity index (χ2n) is 7.07. The van der Waals surface area contributed by atoms with E-state index in [1.165, 1.54) is 30.4 Å². The molecule has 176 valence electrons. The van der Waals surface area contributed by atoms with E-state index in [9.17, 15) is 19.5 Å². The van der Waals surface area contributed by atoms with Gasteiger partial charge in [-0.1, -0.05) is 30.8 Å². The number of carbonyl (C=O) groups is 3. The summed E-state index contributed by atoms with van der Waals surface area (Å²) in [5.74, 6) is -1.15. The Morgan fingerprint density at radius 2 is 1.52 bits per heavy atom. The first-order valence-electron chi connectivity index (χ1n) is 10.00. The molecule has 2 rings (SSSR count).